The number of hydrogen-bond acceptors (Lipinski definition) is 3. The normalized spacial score (nSPS) is 24.1. The summed E-state index contributed by atoms with van der Waals surface area (Å²) in [6.07, 6.45) is 0.511. The molecule has 1 aliphatic heterocycles. The summed E-state index contributed by atoms with van der Waals surface area (Å²) < 4.78 is 5.21. The maximum absolute atomic E-state index is 12.0. The minimum atomic E-state index is -0.838. The number of rotatable bonds is 4. The SMILES string of the molecule is COC(C)(C)CNC(=O)N1CCC(C(=O)O)C1C. The summed E-state index contributed by atoms with van der Waals surface area (Å²) in [6.45, 7) is 6.40. The molecular formula is C12H22N2O4. The maximum atomic E-state index is 12.0. The van der Waals surface area contributed by atoms with E-state index < -0.39 is 17.5 Å². The van der Waals surface area contributed by atoms with Gasteiger partial charge < -0.3 is 20.1 Å². The van der Waals surface area contributed by atoms with E-state index in [4.69, 9.17) is 9.84 Å². The molecule has 0 saturated carbocycles. The van der Waals surface area contributed by atoms with Crippen molar-refractivity contribution < 1.29 is 19.4 Å². The zero-order chi connectivity index (χ0) is 13.9. The highest BCUT2D eigenvalue weighted by Crippen LogP contribution is 2.24. The molecule has 1 heterocycles. The Balaban J connectivity index is 2.51. The van der Waals surface area contributed by atoms with Gasteiger partial charge in [-0.2, -0.15) is 0 Å². The molecule has 18 heavy (non-hydrogen) atoms. The molecule has 6 heteroatoms. The number of carbonyl (C=O) groups excluding carboxylic acids is 1. The van der Waals surface area contributed by atoms with Gasteiger partial charge in [0, 0.05) is 26.2 Å². The highest BCUT2D eigenvalue weighted by atomic mass is 16.5. The first-order valence-electron chi connectivity index (χ1n) is 6.11. The number of carbonyl (C=O) groups is 2. The van der Waals surface area contributed by atoms with Gasteiger partial charge in [0.2, 0.25) is 0 Å². The third kappa shape index (κ3) is 3.35. The topological polar surface area (TPSA) is 78.9 Å². The van der Waals surface area contributed by atoms with Gasteiger partial charge in [0.25, 0.3) is 0 Å². The molecule has 0 radical (unpaired) electrons. The quantitative estimate of drug-likeness (QED) is 0.785. The van der Waals surface area contributed by atoms with Crippen LogP contribution in [0.1, 0.15) is 27.2 Å². The van der Waals surface area contributed by atoms with E-state index in [9.17, 15) is 9.59 Å². The van der Waals surface area contributed by atoms with Crippen molar-refractivity contribution in [3.63, 3.8) is 0 Å². The third-order valence-corrected chi connectivity index (χ3v) is 3.55. The number of hydrogen-bond donors (Lipinski definition) is 2. The van der Waals surface area contributed by atoms with Crippen molar-refractivity contribution in [3.05, 3.63) is 0 Å². The number of carboxylic acids is 1. The molecule has 2 amide bonds. The lowest BCUT2D eigenvalue weighted by atomic mass is 10.0. The van der Waals surface area contributed by atoms with Crippen molar-refractivity contribution >= 4 is 12.0 Å². The van der Waals surface area contributed by atoms with Crippen LogP contribution in [0.3, 0.4) is 0 Å². The summed E-state index contributed by atoms with van der Waals surface area (Å²) in [7, 11) is 1.59. The Bertz CT molecular complexity index is 330. The molecule has 0 bridgehead atoms. The van der Waals surface area contributed by atoms with Crippen LogP contribution in [-0.2, 0) is 9.53 Å². The first-order valence-corrected chi connectivity index (χ1v) is 6.11. The Hall–Kier alpha value is -1.30. The highest BCUT2D eigenvalue weighted by Gasteiger charge is 2.38. The summed E-state index contributed by atoms with van der Waals surface area (Å²) in [4.78, 5) is 24.5. The van der Waals surface area contributed by atoms with E-state index in [1.54, 1.807) is 18.9 Å². The van der Waals surface area contributed by atoms with Gasteiger partial charge >= 0.3 is 12.0 Å². The smallest absolute Gasteiger partial charge is 0.317 e. The number of ether oxygens (including phenoxy) is 1. The van der Waals surface area contributed by atoms with E-state index in [0.717, 1.165) is 0 Å². The van der Waals surface area contributed by atoms with Crippen molar-refractivity contribution in [2.75, 3.05) is 20.2 Å². The van der Waals surface area contributed by atoms with Crippen LogP contribution in [0.15, 0.2) is 0 Å². The number of urea groups is 1. The molecule has 0 aliphatic carbocycles. The monoisotopic (exact) mass is 258 g/mol. The Morgan fingerprint density at radius 1 is 1.50 bits per heavy atom. The van der Waals surface area contributed by atoms with Crippen molar-refractivity contribution in [1.82, 2.24) is 10.2 Å². The molecule has 2 unspecified atom stereocenters. The first kappa shape index (κ1) is 14.8. The van der Waals surface area contributed by atoms with Crippen LogP contribution in [0.2, 0.25) is 0 Å². The zero-order valence-corrected chi connectivity index (χ0v) is 11.4. The van der Waals surface area contributed by atoms with Crippen LogP contribution in [0.5, 0.6) is 0 Å². The lowest BCUT2D eigenvalue weighted by Crippen LogP contribution is -2.48. The van der Waals surface area contributed by atoms with Crippen LogP contribution >= 0.6 is 0 Å². The fraction of sp³-hybridized carbons (Fsp3) is 0.833. The van der Waals surface area contributed by atoms with E-state index in [1.165, 1.54) is 0 Å². The van der Waals surface area contributed by atoms with E-state index in [2.05, 4.69) is 5.32 Å². The number of nitrogens with one attached hydrogen (secondary N) is 1. The van der Waals surface area contributed by atoms with Gasteiger partial charge in [-0.15, -0.1) is 0 Å². The van der Waals surface area contributed by atoms with Gasteiger partial charge in [-0.1, -0.05) is 0 Å². The average Bonchev–Trinajstić information content (AvgIpc) is 2.68. The predicted molar refractivity (Wildman–Crippen MR) is 66.4 cm³/mol. The van der Waals surface area contributed by atoms with Crippen molar-refractivity contribution in [2.24, 2.45) is 5.92 Å². The first-order chi connectivity index (χ1) is 8.28. The second kappa shape index (κ2) is 5.56. The number of nitrogens with zero attached hydrogens (tertiary/aromatic N) is 1. The largest absolute Gasteiger partial charge is 0.481 e. The second-order valence-corrected chi connectivity index (χ2v) is 5.29. The second-order valence-electron chi connectivity index (χ2n) is 5.29. The summed E-state index contributed by atoms with van der Waals surface area (Å²) in [5.41, 5.74) is -0.426. The Labute approximate surface area is 107 Å². The van der Waals surface area contributed by atoms with Crippen molar-refractivity contribution in [3.8, 4) is 0 Å². The standard InChI is InChI=1S/C12H22N2O4/c1-8-9(10(15)16)5-6-14(8)11(17)13-7-12(2,3)18-4/h8-9H,5-7H2,1-4H3,(H,13,17)(H,15,16). The number of carboxylic acid groups (broad SMARTS) is 1. The van der Waals surface area contributed by atoms with Crippen molar-refractivity contribution in [2.45, 2.75) is 38.8 Å². The van der Waals surface area contributed by atoms with E-state index in [0.29, 0.717) is 19.5 Å². The number of amides is 2. The maximum Gasteiger partial charge on any atom is 0.317 e. The molecule has 0 aromatic rings. The summed E-state index contributed by atoms with van der Waals surface area (Å²) in [5.74, 6) is -1.30. The van der Waals surface area contributed by atoms with E-state index in [1.807, 2.05) is 13.8 Å². The molecule has 1 saturated heterocycles. The summed E-state index contributed by atoms with van der Waals surface area (Å²) >= 11 is 0. The van der Waals surface area contributed by atoms with E-state index >= 15 is 0 Å². The molecule has 2 atom stereocenters. The minimum absolute atomic E-state index is 0.226. The average molecular weight is 258 g/mol. The lowest BCUT2D eigenvalue weighted by Gasteiger charge is -2.27. The Morgan fingerprint density at radius 3 is 2.56 bits per heavy atom. The van der Waals surface area contributed by atoms with Crippen LogP contribution < -0.4 is 5.32 Å². The predicted octanol–water partition coefficient (Wildman–Crippen LogP) is 0.916. The van der Waals surface area contributed by atoms with Crippen LogP contribution in [0, 0.1) is 5.92 Å². The Morgan fingerprint density at radius 2 is 2.11 bits per heavy atom. The van der Waals surface area contributed by atoms with E-state index in [-0.39, 0.29) is 12.1 Å². The minimum Gasteiger partial charge on any atom is -0.481 e. The molecule has 1 fully saturated rings. The van der Waals surface area contributed by atoms with Gasteiger partial charge in [-0.05, 0) is 27.2 Å². The van der Waals surface area contributed by atoms with Gasteiger partial charge in [0.15, 0.2) is 0 Å². The molecule has 2 N–H and O–H groups in total. The highest BCUT2D eigenvalue weighted by molar-refractivity contribution is 5.78. The fourth-order valence-corrected chi connectivity index (χ4v) is 2.02. The zero-order valence-electron chi connectivity index (χ0n) is 11.4. The summed E-state index contributed by atoms with van der Waals surface area (Å²) in [5, 5.41) is 11.8. The molecule has 0 aromatic carbocycles. The molecule has 0 spiro atoms. The van der Waals surface area contributed by atoms with Gasteiger partial charge in [-0.25, -0.2) is 4.79 Å². The number of likely N-dealkylation sites (tertiary alicyclic amines) is 1. The van der Waals surface area contributed by atoms with Crippen LogP contribution in [0.25, 0.3) is 0 Å². The molecule has 6 nitrogen and oxygen atoms in total. The van der Waals surface area contributed by atoms with Crippen LogP contribution in [-0.4, -0.2) is 53.8 Å². The van der Waals surface area contributed by atoms with Gasteiger partial charge in [0.1, 0.15) is 0 Å². The molecule has 1 rings (SSSR count). The molecule has 104 valence electrons. The number of methoxy groups -OCH3 is 1. The molecule has 1 aliphatic rings. The van der Waals surface area contributed by atoms with Crippen molar-refractivity contribution in [1.29, 1.82) is 0 Å². The lowest BCUT2D eigenvalue weighted by molar-refractivity contribution is -0.142. The van der Waals surface area contributed by atoms with Gasteiger partial charge in [-0.3, -0.25) is 4.79 Å². The van der Waals surface area contributed by atoms with Gasteiger partial charge in [0.05, 0.1) is 11.5 Å². The molecular weight excluding hydrogens is 236 g/mol. The number of aliphatic carboxylic acids is 1. The Kier molecular flexibility index (Phi) is 4.56. The third-order valence-electron chi connectivity index (χ3n) is 3.55. The van der Waals surface area contributed by atoms with Crippen LogP contribution in [0.4, 0.5) is 4.79 Å². The fourth-order valence-electron chi connectivity index (χ4n) is 2.02. The summed E-state index contributed by atoms with van der Waals surface area (Å²) in [6, 6.07) is -0.496. The molecule has 0 aromatic heterocycles.